The van der Waals surface area contributed by atoms with Crippen LogP contribution >= 0.6 is 0 Å². The zero-order chi connectivity index (χ0) is 15.2. The van der Waals surface area contributed by atoms with Crippen LogP contribution in [0.2, 0.25) is 0 Å². The van der Waals surface area contributed by atoms with E-state index in [0.29, 0.717) is 12.1 Å². The lowest BCUT2D eigenvalue weighted by Crippen LogP contribution is -2.36. The molecule has 1 aromatic carbocycles. The normalized spacial score (nSPS) is 12.1. The first kappa shape index (κ1) is 17.1. The van der Waals surface area contributed by atoms with E-state index in [1.165, 1.54) is 11.4 Å². The molecule has 0 aliphatic heterocycles. The van der Waals surface area contributed by atoms with Crippen LogP contribution in [-0.4, -0.2) is 51.2 Å². The molecule has 0 unspecified atom stereocenters. The van der Waals surface area contributed by atoms with Gasteiger partial charge in [0.15, 0.2) is 0 Å². The van der Waals surface area contributed by atoms with Crippen molar-refractivity contribution in [1.29, 1.82) is 0 Å². The van der Waals surface area contributed by atoms with Crippen LogP contribution < -0.4 is 5.73 Å². The second-order valence-corrected chi connectivity index (χ2v) is 6.33. The molecule has 0 atom stereocenters. The van der Waals surface area contributed by atoms with E-state index in [1.807, 2.05) is 0 Å². The van der Waals surface area contributed by atoms with Crippen molar-refractivity contribution >= 4 is 10.0 Å². The standard InChI is InChI=1S/C13H22N2O4S/c1-11-9-12(10-14)3-4-13(11)20(17,18)15(5-7-16)6-8-19-2/h3-4,9,16H,5-8,10,14H2,1-2H3. The molecule has 1 rings (SSSR count). The first-order valence-electron chi connectivity index (χ1n) is 6.37. The number of aliphatic hydroxyl groups excluding tert-OH is 1. The number of sulfonamides is 1. The van der Waals surface area contributed by atoms with Crippen molar-refractivity contribution in [2.24, 2.45) is 5.73 Å². The lowest BCUT2D eigenvalue weighted by molar-refractivity contribution is 0.168. The van der Waals surface area contributed by atoms with Crippen LogP contribution in [0, 0.1) is 6.92 Å². The van der Waals surface area contributed by atoms with Gasteiger partial charge in [-0.3, -0.25) is 0 Å². The molecule has 0 fully saturated rings. The fraction of sp³-hybridized carbons (Fsp3) is 0.538. The van der Waals surface area contributed by atoms with Gasteiger partial charge in [-0.2, -0.15) is 4.31 Å². The molecular weight excluding hydrogens is 280 g/mol. The molecule has 0 aromatic heterocycles. The van der Waals surface area contributed by atoms with Gasteiger partial charge in [0.25, 0.3) is 0 Å². The topological polar surface area (TPSA) is 92.9 Å². The summed E-state index contributed by atoms with van der Waals surface area (Å²) in [6.45, 7) is 2.40. The van der Waals surface area contributed by atoms with Crippen LogP contribution in [0.5, 0.6) is 0 Å². The van der Waals surface area contributed by atoms with Gasteiger partial charge in [-0.1, -0.05) is 12.1 Å². The van der Waals surface area contributed by atoms with Crippen molar-refractivity contribution in [2.75, 3.05) is 33.4 Å². The molecule has 0 bridgehead atoms. The summed E-state index contributed by atoms with van der Waals surface area (Å²) in [5.41, 5.74) is 7.07. The number of rotatable bonds is 8. The van der Waals surface area contributed by atoms with Crippen LogP contribution in [-0.2, 0) is 21.3 Å². The monoisotopic (exact) mass is 302 g/mol. The van der Waals surface area contributed by atoms with Crippen molar-refractivity contribution in [3.63, 3.8) is 0 Å². The Morgan fingerprint density at radius 3 is 2.55 bits per heavy atom. The van der Waals surface area contributed by atoms with E-state index in [4.69, 9.17) is 15.6 Å². The molecule has 20 heavy (non-hydrogen) atoms. The summed E-state index contributed by atoms with van der Waals surface area (Å²) in [5, 5.41) is 9.03. The number of aliphatic hydroxyl groups is 1. The Morgan fingerprint density at radius 1 is 1.35 bits per heavy atom. The number of nitrogens with zero attached hydrogens (tertiary/aromatic N) is 1. The predicted molar refractivity (Wildman–Crippen MR) is 76.8 cm³/mol. The number of ether oxygens (including phenoxy) is 1. The highest BCUT2D eigenvalue weighted by atomic mass is 32.2. The lowest BCUT2D eigenvalue weighted by atomic mass is 10.1. The first-order chi connectivity index (χ1) is 9.47. The zero-order valence-corrected chi connectivity index (χ0v) is 12.7. The molecular formula is C13H22N2O4S. The molecule has 1 aromatic rings. The molecule has 0 amide bonds. The van der Waals surface area contributed by atoms with Gasteiger partial charge in [-0.05, 0) is 24.1 Å². The zero-order valence-electron chi connectivity index (χ0n) is 11.9. The molecule has 0 saturated heterocycles. The molecule has 0 spiro atoms. The third kappa shape index (κ3) is 4.00. The predicted octanol–water partition coefficient (Wildman–Crippen LogP) is 0.0831. The van der Waals surface area contributed by atoms with Gasteiger partial charge in [0.05, 0.1) is 18.1 Å². The molecule has 114 valence electrons. The lowest BCUT2D eigenvalue weighted by Gasteiger charge is -2.22. The SMILES string of the molecule is COCCN(CCO)S(=O)(=O)c1ccc(CN)cc1C. The first-order valence-corrected chi connectivity index (χ1v) is 7.81. The Kier molecular flexibility index (Phi) is 6.57. The van der Waals surface area contributed by atoms with E-state index in [9.17, 15) is 8.42 Å². The summed E-state index contributed by atoms with van der Waals surface area (Å²) in [5.74, 6) is 0. The Labute approximate surface area is 120 Å². The minimum Gasteiger partial charge on any atom is -0.395 e. The molecule has 0 aliphatic rings. The van der Waals surface area contributed by atoms with Gasteiger partial charge in [0, 0.05) is 26.7 Å². The van der Waals surface area contributed by atoms with Crippen molar-refractivity contribution < 1.29 is 18.3 Å². The smallest absolute Gasteiger partial charge is 0.243 e. The summed E-state index contributed by atoms with van der Waals surface area (Å²) in [7, 11) is -2.13. The molecule has 0 radical (unpaired) electrons. The summed E-state index contributed by atoms with van der Waals surface area (Å²) in [6, 6.07) is 5.03. The second kappa shape index (κ2) is 7.70. The van der Waals surface area contributed by atoms with Crippen molar-refractivity contribution in [2.45, 2.75) is 18.4 Å². The van der Waals surface area contributed by atoms with E-state index in [2.05, 4.69) is 0 Å². The van der Waals surface area contributed by atoms with Crippen molar-refractivity contribution in [1.82, 2.24) is 4.31 Å². The summed E-state index contributed by atoms with van der Waals surface area (Å²) >= 11 is 0. The highest BCUT2D eigenvalue weighted by molar-refractivity contribution is 7.89. The molecule has 6 nitrogen and oxygen atoms in total. The maximum Gasteiger partial charge on any atom is 0.243 e. The second-order valence-electron chi connectivity index (χ2n) is 4.42. The number of hydrogen-bond donors (Lipinski definition) is 2. The molecule has 7 heteroatoms. The van der Waals surface area contributed by atoms with Crippen LogP contribution in [0.1, 0.15) is 11.1 Å². The Balaban J connectivity index is 3.11. The summed E-state index contributed by atoms with van der Waals surface area (Å²) in [6.07, 6.45) is 0. The maximum atomic E-state index is 12.6. The number of methoxy groups -OCH3 is 1. The molecule has 0 saturated carbocycles. The van der Waals surface area contributed by atoms with Crippen LogP contribution in [0.4, 0.5) is 0 Å². The number of aryl methyl sites for hydroxylation is 1. The third-order valence-corrected chi connectivity index (χ3v) is 5.05. The van der Waals surface area contributed by atoms with Gasteiger partial charge in [-0.15, -0.1) is 0 Å². The van der Waals surface area contributed by atoms with Crippen molar-refractivity contribution in [3.05, 3.63) is 29.3 Å². The highest BCUT2D eigenvalue weighted by Gasteiger charge is 2.25. The van der Waals surface area contributed by atoms with Gasteiger partial charge < -0.3 is 15.6 Å². The molecule has 3 N–H and O–H groups in total. The maximum absolute atomic E-state index is 12.6. The minimum atomic E-state index is -3.64. The van der Waals surface area contributed by atoms with Gasteiger partial charge in [-0.25, -0.2) is 8.42 Å². The third-order valence-electron chi connectivity index (χ3n) is 2.99. The van der Waals surface area contributed by atoms with E-state index in [1.54, 1.807) is 25.1 Å². The van der Waals surface area contributed by atoms with E-state index >= 15 is 0 Å². The van der Waals surface area contributed by atoms with Gasteiger partial charge >= 0.3 is 0 Å². The number of benzene rings is 1. The number of nitrogens with two attached hydrogens (primary N) is 1. The highest BCUT2D eigenvalue weighted by Crippen LogP contribution is 2.20. The fourth-order valence-corrected chi connectivity index (χ4v) is 3.54. The number of hydrogen-bond acceptors (Lipinski definition) is 5. The van der Waals surface area contributed by atoms with Crippen LogP contribution in [0.3, 0.4) is 0 Å². The average molecular weight is 302 g/mol. The quantitative estimate of drug-likeness (QED) is 0.709. The van der Waals surface area contributed by atoms with E-state index in [0.717, 1.165) is 5.56 Å². The van der Waals surface area contributed by atoms with Crippen LogP contribution in [0.25, 0.3) is 0 Å². The average Bonchev–Trinajstić information content (AvgIpc) is 2.42. The van der Waals surface area contributed by atoms with Crippen LogP contribution in [0.15, 0.2) is 23.1 Å². The summed E-state index contributed by atoms with van der Waals surface area (Å²) < 4.78 is 31.3. The fourth-order valence-electron chi connectivity index (χ4n) is 1.92. The largest absolute Gasteiger partial charge is 0.395 e. The minimum absolute atomic E-state index is 0.0454. The Hall–Kier alpha value is -0.990. The van der Waals surface area contributed by atoms with Gasteiger partial charge in [0.1, 0.15) is 0 Å². The van der Waals surface area contributed by atoms with E-state index < -0.39 is 10.0 Å². The molecule has 0 heterocycles. The summed E-state index contributed by atoms with van der Waals surface area (Å²) in [4.78, 5) is 0.235. The Bertz CT molecular complexity index is 531. The Morgan fingerprint density at radius 2 is 2.05 bits per heavy atom. The van der Waals surface area contributed by atoms with E-state index in [-0.39, 0.29) is 31.2 Å². The molecule has 0 aliphatic carbocycles. The van der Waals surface area contributed by atoms with Gasteiger partial charge in [0.2, 0.25) is 10.0 Å². The van der Waals surface area contributed by atoms with Crippen molar-refractivity contribution in [3.8, 4) is 0 Å².